The number of halogens is 1. The first-order chi connectivity index (χ1) is 22.3. The Kier molecular flexibility index (Phi) is 10.4. The predicted molar refractivity (Wildman–Crippen MR) is 183 cm³/mol. The predicted octanol–water partition coefficient (Wildman–Crippen LogP) is 5.34. The van der Waals surface area contributed by atoms with E-state index in [0.29, 0.717) is 42.8 Å². The van der Waals surface area contributed by atoms with E-state index in [-0.39, 0.29) is 30.3 Å². The molecule has 4 aliphatic heterocycles. The first-order valence-electron chi connectivity index (χ1n) is 17.3. The Morgan fingerprint density at radius 2 is 1.59 bits per heavy atom. The molecule has 0 radical (unpaired) electrons. The molecular weight excluding hydrogens is 600 g/mol. The summed E-state index contributed by atoms with van der Waals surface area (Å²) in [5.74, 6) is -0.400. The molecule has 4 aliphatic rings. The molecule has 3 N–H and O–H groups in total. The van der Waals surface area contributed by atoms with E-state index < -0.39 is 5.92 Å². The summed E-state index contributed by atoms with van der Waals surface area (Å²) in [4.78, 5) is 49.4. The number of para-hydroxylation sites is 1. The first-order valence-corrected chi connectivity index (χ1v) is 17.6. The molecule has 3 fully saturated rings. The Morgan fingerprint density at radius 1 is 0.913 bits per heavy atom. The minimum atomic E-state index is -0.467. The molecule has 0 aromatic heterocycles. The monoisotopic (exact) mass is 648 g/mol. The van der Waals surface area contributed by atoms with Gasteiger partial charge in [-0.05, 0) is 100 Å². The number of likely N-dealkylation sites (tertiary alicyclic amines) is 3. The fourth-order valence-corrected chi connectivity index (χ4v) is 8.26. The van der Waals surface area contributed by atoms with Gasteiger partial charge in [-0.25, -0.2) is 4.79 Å². The van der Waals surface area contributed by atoms with Gasteiger partial charge in [-0.2, -0.15) is 0 Å². The zero-order chi connectivity index (χ0) is 32.2. The number of piperidine rings is 3. The molecule has 10 heteroatoms. The maximum absolute atomic E-state index is 14.1. The zero-order valence-corrected chi connectivity index (χ0v) is 27.9. The molecule has 0 spiro atoms. The van der Waals surface area contributed by atoms with Crippen molar-refractivity contribution >= 4 is 40.8 Å². The number of rotatable bonds is 7. The fourth-order valence-electron chi connectivity index (χ4n) is 7.97. The van der Waals surface area contributed by atoms with Crippen LogP contribution in [-0.4, -0.2) is 95.3 Å². The highest BCUT2D eigenvalue weighted by molar-refractivity contribution is 6.33. The molecule has 6 rings (SSSR count). The van der Waals surface area contributed by atoms with Gasteiger partial charge in [0.05, 0.1) is 16.6 Å². The standard InChI is InChI=1S/C36H49ClN6O3/c1-25-21-26(23-31(37)34(25)38)22-28(35(45)42-18-10-29(11-19-42)40-14-5-2-6-15-40)24-33(44)41-16-12-30(13-17-41)43-20-9-27-7-3-4-8-32(27)39-36(43)46/h3-4,7-8,21,23,28-30H,2,5-6,9-20,22,24,38H2,1H3,(H,39,46)/t28-/m0/s1. The van der Waals surface area contributed by atoms with Gasteiger partial charge in [0.25, 0.3) is 0 Å². The van der Waals surface area contributed by atoms with Gasteiger partial charge < -0.3 is 30.7 Å². The average molecular weight is 649 g/mol. The maximum Gasteiger partial charge on any atom is 0.322 e. The van der Waals surface area contributed by atoms with Gasteiger partial charge in [0.2, 0.25) is 11.8 Å². The summed E-state index contributed by atoms with van der Waals surface area (Å²) in [6.45, 7) is 7.55. The normalized spacial score (nSPS) is 21.0. The van der Waals surface area contributed by atoms with E-state index in [1.165, 1.54) is 32.4 Å². The Balaban J connectivity index is 1.09. The average Bonchev–Trinajstić information content (AvgIpc) is 3.25. The molecule has 4 amide bonds. The first kappa shape index (κ1) is 32.6. The lowest BCUT2D eigenvalue weighted by Crippen LogP contribution is -2.51. The smallest absolute Gasteiger partial charge is 0.322 e. The van der Waals surface area contributed by atoms with Gasteiger partial charge in [0.15, 0.2) is 0 Å². The molecule has 2 aromatic carbocycles. The van der Waals surface area contributed by atoms with E-state index in [0.717, 1.165) is 67.6 Å². The Hall–Kier alpha value is -3.30. The summed E-state index contributed by atoms with van der Waals surface area (Å²) in [7, 11) is 0. The number of nitrogens with zero attached hydrogens (tertiary/aromatic N) is 4. The lowest BCUT2D eigenvalue weighted by Gasteiger charge is -2.41. The van der Waals surface area contributed by atoms with Crippen LogP contribution in [0.1, 0.15) is 68.1 Å². The number of hydrogen-bond donors (Lipinski definition) is 2. The quantitative estimate of drug-likeness (QED) is 0.395. The summed E-state index contributed by atoms with van der Waals surface area (Å²) < 4.78 is 0. The van der Waals surface area contributed by atoms with E-state index >= 15 is 0 Å². The van der Waals surface area contributed by atoms with Crippen LogP contribution in [0.25, 0.3) is 0 Å². The van der Waals surface area contributed by atoms with Crippen molar-refractivity contribution in [1.29, 1.82) is 0 Å². The number of nitrogens with two attached hydrogens (primary N) is 1. The Bertz CT molecular complexity index is 1390. The number of aryl methyl sites for hydroxylation is 1. The topological polar surface area (TPSA) is 102 Å². The number of carbonyl (C=O) groups is 3. The number of amides is 4. The molecule has 1 atom stereocenters. The van der Waals surface area contributed by atoms with Gasteiger partial charge in [-0.3, -0.25) is 9.59 Å². The lowest BCUT2D eigenvalue weighted by molar-refractivity contribution is -0.143. The van der Waals surface area contributed by atoms with Gasteiger partial charge in [0.1, 0.15) is 0 Å². The second-order valence-corrected chi connectivity index (χ2v) is 14.1. The summed E-state index contributed by atoms with van der Waals surface area (Å²) in [6.07, 6.45) is 8.70. The van der Waals surface area contributed by atoms with Crippen molar-refractivity contribution < 1.29 is 14.4 Å². The molecule has 2 aromatic rings. The van der Waals surface area contributed by atoms with Crippen LogP contribution < -0.4 is 11.1 Å². The van der Waals surface area contributed by atoms with Gasteiger partial charge in [0, 0.05) is 56.9 Å². The molecular formula is C36H49ClN6O3. The molecule has 0 saturated carbocycles. The minimum Gasteiger partial charge on any atom is -0.397 e. The van der Waals surface area contributed by atoms with E-state index in [4.69, 9.17) is 17.3 Å². The second-order valence-electron chi connectivity index (χ2n) is 13.7. The van der Waals surface area contributed by atoms with E-state index in [1.54, 1.807) is 0 Å². The van der Waals surface area contributed by atoms with Crippen LogP contribution in [0.3, 0.4) is 0 Å². The third kappa shape index (κ3) is 7.46. The van der Waals surface area contributed by atoms with Crippen molar-refractivity contribution in [2.45, 2.75) is 83.2 Å². The van der Waals surface area contributed by atoms with Crippen molar-refractivity contribution in [1.82, 2.24) is 19.6 Å². The van der Waals surface area contributed by atoms with Crippen molar-refractivity contribution in [2.24, 2.45) is 5.92 Å². The third-order valence-electron chi connectivity index (χ3n) is 10.7. The highest BCUT2D eigenvalue weighted by atomic mass is 35.5. The SMILES string of the molecule is Cc1cc(C[C@@H](CC(=O)N2CCC(N3CCc4ccccc4NC3=O)CC2)C(=O)N2CCC(N3CCCCC3)CC2)cc(Cl)c1N. The molecule has 0 bridgehead atoms. The molecule has 0 aliphatic carbocycles. The number of hydrogen-bond acceptors (Lipinski definition) is 5. The number of urea groups is 1. The zero-order valence-electron chi connectivity index (χ0n) is 27.2. The number of carbonyl (C=O) groups excluding carboxylic acids is 3. The van der Waals surface area contributed by atoms with E-state index in [9.17, 15) is 14.4 Å². The fraction of sp³-hybridized carbons (Fsp3) is 0.583. The molecule has 46 heavy (non-hydrogen) atoms. The van der Waals surface area contributed by atoms with Crippen LogP contribution in [0.5, 0.6) is 0 Å². The molecule has 0 unspecified atom stereocenters. The van der Waals surface area contributed by atoms with Crippen LogP contribution in [0.2, 0.25) is 5.02 Å². The van der Waals surface area contributed by atoms with Gasteiger partial charge in [-0.1, -0.05) is 42.3 Å². The summed E-state index contributed by atoms with van der Waals surface area (Å²) in [6, 6.07) is 12.4. The Morgan fingerprint density at radius 3 is 2.30 bits per heavy atom. The van der Waals surface area contributed by atoms with E-state index in [2.05, 4.69) is 16.3 Å². The van der Waals surface area contributed by atoms with Crippen molar-refractivity contribution in [3.63, 3.8) is 0 Å². The highest BCUT2D eigenvalue weighted by Gasteiger charge is 2.35. The van der Waals surface area contributed by atoms with Gasteiger partial charge in [-0.15, -0.1) is 0 Å². The molecule has 3 saturated heterocycles. The minimum absolute atomic E-state index is 0.00555. The maximum atomic E-state index is 14.1. The van der Waals surface area contributed by atoms with Crippen LogP contribution in [0.15, 0.2) is 36.4 Å². The summed E-state index contributed by atoms with van der Waals surface area (Å²) in [5, 5.41) is 3.56. The largest absolute Gasteiger partial charge is 0.397 e. The number of benzene rings is 2. The van der Waals surface area contributed by atoms with Crippen molar-refractivity contribution in [3.8, 4) is 0 Å². The number of nitrogens with one attached hydrogen (secondary N) is 1. The Labute approximate surface area is 278 Å². The van der Waals surface area contributed by atoms with Crippen molar-refractivity contribution in [3.05, 3.63) is 58.1 Å². The number of anilines is 2. The lowest BCUT2D eigenvalue weighted by atomic mass is 9.91. The van der Waals surface area contributed by atoms with Crippen LogP contribution in [-0.2, 0) is 22.4 Å². The van der Waals surface area contributed by atoms with Crippen LogP contribution >= 0.6 is 11.6 Å². The third-order valence-corrected chi connectivity index (χ3v) is 11.0. The number of nitrogen functional groups attached to an aromatic ring is 1. The van der Waals surface area contributed by atoms with Crippen LogP contribution in [0.4, 0.5) is 16.2 Å². The van der Waals surface area contributed by atoms with E-state index in [1.807, 2.05) is 52.0 Å². The summed E-state index contributed by atoms with van der Waals surface area (Å²) in [5.41, 5.74) is 10.5. The highest BCUT2D eigenvalue weighted by Crippen LogP contribution is 2.30. The molecule has 248 valence electrons. The van der Waals surface area contributed by atoms with Crippen LogP contribution in [0, 0.1) is 12.8 Å². The summed E-state index contributed by atoms with van der Waals surface area (Å²) >= 11 is 6.44. The number of fused-ring (bicyclic) bond motifs is 1. The molecule has 9 nitrogen and oxygen atoms in total. The van der Waals surface area contributed by atoms with Gasteiger partial charge >= 0.3 is 6.03 Å². The van der Waals surface area contributed by atoms with Crippen molar-refractivity contribution in [2.75, 3.05) is 56.9 Å². The molecule has 4 heterocycles. The second kappa shape index (κ2) is 14.6.